The number of halogens is 3. The minimum Gasteiger partial charge on any atom is -0.298 e. The molecule has 1 saturated carbocycles. The van der Waals surface area contributed by atoms with E-state index in [0.29, 0.717) is 24.1 Å². The number of hydrogen-bond acceptors (Lipinski definition) is 3. The van der Waals surface area contributed by atoms with E-state index in [1.165, 1.54) is 9.96 Å². The largest absolute Gasteiger partial charge is 0.420 e. The van der Waals surface area contributed by atoms with Gasteiger partial charge in [0.05, 0.1) is 0 Å². The summed E-state index contributed by atoms with van der Waals surface area (Å²) in [6.07, 6.45) is 2.25. The van der Waals surface area contributed by atoms with Gasteiger partial charge in [-0.25, -0.2) is 0 Å². The first kappa shape index (κ1) is 22.8. The number of pyridine rings is 1. The second kappa shape index (κ2) is 9.61. The Kier molecular flexibility index (Phi) is 6.84. The summed E-state index contributed by atoms with van der Waals surface area (Å²) in [5.74, 6) is 1.53. The molecule has 2 aliphatic rings. The molecule has 3 aromatic rings. The Morgan fingerprint density at radius 3 is 2.44 bits per heavy atom. The molecule has 1 unspecified atom stereocenters. The topological polar surface area (TPSA) is 33.4 Å². The first-order valence-corrected chi connectivity index (χ1v) is 11.7. The third kappa shape index (κ3) is 4.98. The maximum absolute atomic E-state index is 14.1. The molecular weight excluding hydrogens is 413 g/mol. The van der Waals surface area contributed by atoms with Crippen LogP contribution in [0.1, 0.15) is 68.0 Å². The molecule has 2 fully saturated rings. The van der Waals surface area contributed by atoms with Gasteiger partial charge in [0.2, 0.25) is 0 Å². The average Bonchev–Trinajstić information content (AvgIpc) is 3.53. The van der Waals surface area contributed by atoms with E-state index >= 15 is 0 Å². The van der Waals surface area contributed by atoms with E-state index in [4.69, 9.17) is 0 Å². The van der Waals surface area contributed by atoms with E-state index in [1.54, 1.807) is 12.3 Å². The average molecular weight is 445 g/mol. The summed E-state index contributed by atoms with van der Waals surface area (Å²) in [6, 6.07) is 11.9. The second-order valence-electron chi connectivity index (χ2n) is 8.66. The summed E-state index contributed by atoms with van der Waals surface area (Å²) in [5.41, 5.74) is 0.846. The number of benzene rings is 1. The molecule has 1 atom stereocenters. The van der Waals surface area contributed by atoms with Crippen LogP contribution in [0.2, 0.25) is 0 Å². The van der Waals surface area contributed by atoms with Crippen molar-refractivity contribution in [2.45, 2.75) is 64.6 Å². The summed E-state index contributed by atoms with van der Waals surface area (Å²) < 4.78 is 43.7. The number of nitrogens with zero attached hydrogens (tertiary/aromatic N) is 4. The molecule has 4 nitrogen and oxygen atoms in total. The van der Waals surface area contributed by atoms with Gasteiger partial charge in [0.15, 0.2) is 5.65 Å². The van der Waals surface area contributed by atoms with E-state index in [2.05, 4.69) is 27.2 Å². The molecule has 1 aromatic carbocycles. The molecule has 1 saturated heterocycles. The van der Waals surface area contributed by atoms with E-state index in [0.717, 1.165) is 38.8 Å². The van der Waals surface area contributed by atoms with Crippen molar-refractivity contribution in [1.29, 1.82) is 0 Å². The summed E-state index contributed by atoms with van der Waals surface area (Å²) >= 11 is 0. The van der Waals surface area contributed by atoms with E-state index in [9.17, 15) is 13.2 Å². The van der Waals surface area contributed by atoms with Gasteiger partial charge >= 0.3 is 6.18 Å². The zero-order chi connectivity index (χ0) is 22.7. The van der Waals surface area contributed by atoms with Crippen LogP contribution in [0.25, 0.3) is 5.65 Å². The van der Waals surface area contributed by atoms with Gasteiger partial charge in [-0.1, -0.05) is 44.2 Å². The maximum atomic E-state index is 14.1. The molecular formula is C25H31F3N4. The molecule has 0 amide bonds. The van der Waals surface area contributed by atoms with Crippen LogP contribution in [0.5, 0.6) is 0 Å². The quantitative estimate of drug-likeness (QED) is 0.476. The summed E-state index contributed by atoms with van der Waals surface area (Å²) in [7, 11) is 0. The van der Waals surface area contributed by atoms with Crippen molar-refractivity contribution in [3.05, 3.63) is 65.1 Å². The zero-order valence-electron chi connectivity index (χ0n) is 18.8. The van der Waals surface area contributed by atoms with Crippen molar-refractivity contribution < 1.29 is 13.2 Å². The molecule has 0 radical (unpaired) electrons. The van der Waals surface area contributed by atoms with Crippen LogP contribution in [0.3, 0.4) is 0 Å². The number of hydrogen-bond donors (Lipinski definition) is 0. The molecule has 1 aliphatic heterocycles. The summed E-state index contributed by atoms with van der Waals surface area (Å²) in [6.45, 7) is 5.86. The van der Waals surface area contributed by atoms with E-state index < -0.39 is 11.7 Å². The van der Waals surface area contributed by atoms with Crippen LogP contribution in [-0.2, 0) is 19.1 Å². The minimum absolute atomic E-state index is 0.0627. The highest BCUT2D eigenvalue weighted by Crippen LogP contribution is 2.37. The van der Waals surface area contributed by atoms with Crippen molar-refractivity contribution >= 4 is 5.65 Å². The lowest BCUT2D eigenvalue weighted by Crippen LogP contribution is -2.34. The fraction of sp³-hybridized carbons (Fsp3) is 0.520. The van der Waals surface area contributed by atoms with Crippen molar-refractivity contribution in [3.8, 4) is 0 Å². The zero-order valence-corrected chi connectivity index (χ0v) is 18.8. The number of aromatic nitrogens is 3. The first-order valence-electron chi connectivity index (χ1n) is 11.7. The van der Waals surface area contributed by atoms with Crippen molar-refractivity contribution in [2.75, 3.05) is 13.1 Å². The Morgan fingerprint density at radius 2 is 1.75 bits per heavy atom. The van der Waals surface area contributed by atoms with Gasteiger partial charge in [0.25, 0.3) is 0 Å². The Bertz CT molecular complexity index is 1020. The second-order valence-corrected chi connectivity index (χ2v) is 8.66. The molecule has 5 rings (SSSR count). The molecule has 0 spiro atoms. The Morgan fingerprint density at radius 1 is 1.00 bits per heavy atom. The molecule has 3 heterocycles. The summed E-state index contributed by atoms with van der Waals surface area (Å²) in [5, 5.41) is 8.05. The highest BCUT2D eigenvalue weighted by Gasteiger charge is 2.38. The number of likely N-dealkylation sites (tertiary alicyclic amines) is 1. The highest BCUT2D eigenvalue weighted by molar-refractivity contribution is 5.53. The third-order valence-corrected chi connectivity index (χ3v) is 6.36. The molecule has 0 N–H and O–H groups in total. The molecule has 32 heavy (non-hydrogen) atoms. The van der Waals surface area contributed by atoms with Gasteiger partial charge < -0.3 is 0 Å². The van der Waals surface area contributed by atoms with Crippen molar-refractivity contribution in [2.24, 2.45) is 5.92 Å². The standard InChI is InChI=1S/C23H25F3N4.C2H6/c24-23(25,26)21-19(10-12-30-20(13-16-8-9-16)27-28-22(21)30)15-29-11-4-7-18(14-29)17-5-2-1-3-6-17;1-2/h1-3,5-6,10,12,16,18H,4,7-9,11,13-15H2;1-2H3. The number of piperidine rings is 1. The molecule has 2 aromatic heterocycles. The Balaban J connectivity index is 0.00000119. The van der Waals surface area contributed by atoms with Gasteiger partial charge in [0.1, 0.15) is 11.4 Å². The normalized spacial score (nSPS) is 19.6. The minimum atomic E-state index is -4.46. The molecule has 0 bridgehead atoms. The van der Waals surface area contributed by atoms with Crippen LogP contribution < -0.4 is 0 Å². The summed E-state index contributed by atoms with van der Waals surface area (Å²) in [4.78, 5) is 2.14. The van der Waals surface area contributed by atoms with Gasteiger partial charge in [0, 0.05) is 25.7 Å². The van der Waals surface area contributed by atoms with Crippen molar-refractivity contribution in [3.63, 3.8) is 0 Å². The predicted octanol–water partition coefficient (Wildman–Crippen LogP) is 6.11. The third-order valence-electron chi connectivity index (χ3n) is 6.36. The first-order chi connectivity index (χ1) is 15.5. The van der Waals surface area contributed by atoms with Gasteiger partial charge in [-0.15, -0.1) is 10.2 Å². The van der Waals surface area contributed by atoms with Crippen LogP contribution in [-0.4, -0.2) is 32.6 Å². The van der Waals surface area contributed by atoms with Gasteiger partial charge in [-0.3, -0.25) is 9.30 Å². The lowest BCUT2D eigenvalue weighted by Gasteiger charge is -2.33. The molecule has 7 heteroatoms. The van der Waals surface area contributed by atoms with Crippen LogP contribution in [0.4, 0.5) is 13.2 Å². The SMILES string of the molecule is CC.FC(F)(F)c1c(CN2CCCC(c3ccccc3)C2)ccn2c(CC3CC3)nnc12. The molecule has 1 aliphatic carbocycles. The van der Waals surface area contributed by atoms with Crippen LogP contribution in [0, 0.1) is 5.92 Å². The Labute approximate surface area is 187 Å². The fourth-order valence-corrected chi connectivity index (χ4v) is 4.64. The van der Waals surface area contributed by atoms with Gasteiger partial charge in [-0.05, 0) is 61.3 Å². The van der Waals surface area contributed by atoms with Gasteiger partial charge in [-0.2, -0.15) is 13.2 Å². The van der Waals surface area contributed by atoms with E-state index in [-0.39, 0.29) is 17.8 Å². The monoisotopic (exact) mass is 444 g/mol. The number of fused-ring (bicyclic) bond motifs is 1. The number of rotatable bonds is 5. The predicted molar refractivity (Wildman–Crippen MR) is 119 cm³/mol. The number of alkyl halides is 3. The maximum Gasteiger partial charge on any atom is 0.420 e. The van der Waals surface area contributed by atoms with E-state index in [1.807, 2.05) is 32.0 Å². The van der Waals surface area contributed by atoms with Crippen LogP contribution in [0.15, 0.2) is 42.6 Å². The highest BCUT2D eigenvalue weighted by atomic mass is 19.4. The van der Waals surface area contributed by atoms with Crippen LogP contribution >= 0.6 is 0 Å². The smallest absolute Gasteiger partial charge is 0.298 e. The lowest BCUT2D eigenvalue weighted by atomic mass is 9.90. The lowest BCUT2D eigenvalue weighted by molar-refractivity contribution is -0.137. The fourth-order valence-electron chi connectivity index (χ4n) is 4.64. The molecule has 172 valence electrons. The van der Waals surface area contributed by atoms with Crippen molar-refractivity contribution in [1.82, 2.24) is 19.5 Å². The Hall–Kier alpha value is -2.41.